The van der Waals surface area contributed by atoms with Crippen molar-refractivity contribution in [1.29, 1.82) is 0 Å². The van der Waals surface area contributed by atoms with Crippen LogP contribution in [0.3, 0.4) is 0 Å². The molecule has 0 unspecified atom stereocenters. The van der Waals surface area contributed by atoms with Crippen molar-refractivity contribution in [3.8, 4) is 23.0 Å². The molecule has 0 bridgehead atoms. The van der Waals surface area contributed by atoms with Crippen LogP contribution >= 0.6 is 0 Å². The highest BCUT2D eigenvalue weighted by atomic mass is 16.5. The molecule has 0 aliphatic carbocycles. The van der Waals surface area contributed by atoms with Crippen LogP contribution in [0.1, 0.15) is 18.3 Å². The molecule has 0 radical (unpaired) electrons. The summed E-state index contributed by atoms with van der Waals surface area (Å²) in [5, 5.41) is 6.92. The largest absolute Gasteiger partial charge is 0.334 e. The topological polar surface area (TPSA) is 85.8 Å². The number of nitrogens with one attached hydrogen (secondary N) is 1. The third-order valence-electron chi connectivity index (χ3n) is 4.61. The summed E-state index contributed by atoms with van der Waals surface area (Å²) in [7, 11) is 0. The Balaban J connectivity index is 1.46. The molecule has 29 heavy (non-hydrogen) atoms. The fraction of sp³-hybridized carbons (Fsp3) is 0.182. The first-order chi connectivity index (χ1) is 14.1. The lowest BCUT2D eigenvalue weighted by molar-refractivity contribution is -0.116. The van der Waals surface area contributed by atoms with Crippen LogP contribution < -0.4 is 5.32 Å². The van der Waals surface area contributed by atoms with E-state index in [4.69, 9.17) is 4.52 Å². The molecule has 1 N–H and O–H groups in total. The molecule has 4 rings (SSSR count). The summed E-state index contributed by atoms with van der Waals surface area (Å²) < 4.78 is 7.11. The number of carbonyl (C=O) groups is 1. The first-order valence-electron chi connectivity index (χ1n) is 9.44. The standard InChI is InChI=1S/C22H21N5O2/c1-3-16-9-11-18(12-10-16)24-20(28)14-27-13-19(23-15(27)2)21-25-22(29-26-21)17-7-5-4-6-8-17/h4-13H,3,14H2,1-2H3,(H,24,28). The van der Waals surface area contributed by atoms with Gasteiger partial charge in [-0.3, -0.25) is 4.79 Å². The summed E-state index contributed by atoms with van der Waals surface area (Å²) in [6.45, 7) is 4.09. The van der Waals surface area contributed by atoms with Crippen LogP contribution in [0, 0.1) is 6.92 Å². The van der Waals surface area contributed by atoms with Crippen molar-refractivity contribution in [3.63, 3.8) is 0 Å². The van der Waals surface area contributed by atoms with E-state index in [-0.39, 0.29) is 12.5 Å². The van der Waals surface area contributed by atoms with Gasteiger partial charge in [-0.2, -0.15) is 4.98 Å². The number of nitrogens with zero attached hydrogens (tertiary/aromatic N) is 4. The lowest BCUT2D eigenvalue weighted by Gasteiger charge is -2.07. The van der Waals surface area contributed by atoms with Gasteiger partial charge in [0.2, 0.25) is 11.7 Å². The smallest absolute Gasteiger partial charge is 0.258 e. The summed E-state index contributed by atoms with van der Waals surface area (Å²) >= 11 is 0. The third-order valence-corrected chi connectivity index (χ3v) is 4.61. The number of imidazole rings is 1. The highest BCUT2D eigenvalue weighted by Gasteiger charge is 2.15. The zero-order valence-electron chi connectivity index (χ0n) is 16.3. The quantitative estimate of drug-likeness (QED) is 0.538. The van der Waals surface area contributed by atoms with Crippen molar-refractivity contribution < 1.29 is 9.32 Å². The predicted octanol–water partition coefficient (Wildman–Crippen LogP) is 4.11. The minimum atomic E-state index is -0.126. The second-order valence-electron chi connectivity index (χ2n) is 6.69. The molecule has 7 heteroatoms. The van der Waals surface area contributed by atoms with Crippen LogP contribution in [0.2, 0.25) is 0 Å². The number of aromatic nitrogens is 4. The first kappa shape index (κ1) is 18.6. The molecule has 0 saturated heterocycles. The zero-order chi connectivity index (χ0) is 20.2. The molecule has 0 atom stereocenters. The summed E-state index contributed by atoms with van der Waals surface area (Å²) in [6.07, 6.45) is 2.72. The van der Waals surface area contributed by atoms with E-state index in [2.05, 4.69) is 27.4 Å². The van der Waals surface area contributed by atoms with Crippen molar-refractivity contribution in [2.75, 3.05) is 5.32 Å². The maximum Gasteiger partial charge on any atom is 0.258 e. The van der Waals surface area contributed by atoms with Crippen molar-refractivity contribution in [2.24, 2.45) is 0 Å². The Morgan fingerprint density at radius 3 is 2.55 bits per heavy atom. The van der Waals surface area contributed by atoms with Crippen molar-refractivity contribution in [2.45, 2.75) is 26.8 Å². The fourth-order valence-electron chi connectivity index (χ4n) is 2.98. The molecule has 2 aromatic heterocycles. The van der Waals surface area contributed by atoms with E-state index in [0.29, 0.717) is 23.2 Å². The normalized spacial score (nSPS) is 10.8. The minimum Gasteiger partial charge on any atom is -0.334 e. The van der Waals surface area contributed by atoms with Crippen LogP contribution in [0.15, 0.2) is 65.3 Å². The number of hydrogen-bond acceptors (Lipinski definition) is 5. The van der Waals surface area contributed by atoms with Gasteiger partial charge >= 0.3 is 0 Å². The van der Waals surface area contributed by atoms with Crippen molar-refractivity contribution in [1.82, 2.24) is 19.7 Å². The van der Waals surface area contributed by atoms with Crippen molar-refractivity contribution in [3.05, 3.63) is 72.2 Å². The summed E-state index contributed by atoms with van der Waals surface area (Å²) in [5.74, 6) is 1.39. The van der Waals surface area contributed by atoms with Crippen LogP contribution in [-0.4, -0.2) is 25.6 Å². The number of benzene rings is 2. The monoisotopic (exact) mass is 387 g/mol. The van der Waals surface area contributed by atoms with E-state index >= 15 is 0 Å². The first-order valence-corrected chi connectivity index (χ1v) is 9.44. The van der Waals surface area contributed by atoms with Crippen molar-refractivity contribution >= 4 is 11.6 Å². The SMILES string of the molecule is CCc1ccc(NC(=O)Cn2cc(-c3noc(-c4ccccc4)n3)nc2C)cc1. The lowest BCUT2D eigenvalue weighted by Crippen LogP contribution is -2.19. The Morgan fingerprint density at radius 2 is 1.83 bits per heavy atom. The van der Waals surface area contributed by atoms with E-state index < -0.39 is 0 Å². The number of amides is 1. The third kappa shape index (κ3) is 4.24. The summed E-state index contributed by atoms with van der Waals surface area (Å²) in [5.41, 5.74) is 3.41. The van der Waals surface area contributed by atoms with Crippen LogP contribution in [0.4, 0.5) is 5.69 Å². The van der Waals surface area contributed by atoms with Gasteiger partial charge in [-0.15, -0.1) is 0 Å². The average molecular weight is 387 g/mol. The number of hydrogen-bond donors (Lipinski definition) is 1. The molecule has 146 valence electrons. The molecule has 4 aromatic rings. The number of anilines is 1. The predicted molar refractivity (Wildman–Crippen MR) is 110 cm³/mol. The van der Waals surface area contributed by atoms with Gasteiger partial charge in [0.1, 0.15) is 18.1 Å². The second kappa shape index (κ2) is 8.10. The number of rotatable bonds is 6. The summed E-state index contributed by atoms with van der Waals surface area (Å²) in [6, 6.07) is 17.4. The van der Waals surface area contributed by atoms with E-state index in [9.17, 15) is 4.79 Å². The van der Waals surface area contributed by atoms with Crippen LogP contribution in [0.5, 0.6) is 0 Å². The maximum atomic E-state index is 12.4. The molecule has 0 saturated carbocycles. The molecule has 1 amide bonds. The Kier molecular flexibility index (Phi) is 5.20. The minimum absolute atomic E-state index is 0.126. The van der Waals surface area contributed by atoms with E-state index in [1.165, 1.54) is 5.56 Å². The molecule has 0 spiro atoms. The Labute approximate surface area is 168 Å². The van der Waals surface area contributed by atoms with Gasteiger partial charge in [0.05, 0.1) is 0 Å². The molecule has 2 heterocycles. The zero-order valence-corrected chi connectivity index (χ0v) is 16.3. The molecule has 0 fully saturated rings. The fourth-order valence-corrected chi connectivity index (χ4v) is 2.98. The molecule has 7 nitrogen and oxygen atoms in total. The highest BCUT2D eigenvalue weighted by Crippen LogP contribution is 2.21. The summed E-state index contributed by atoms with van der Waals surface area (Å²) in [4.78, 5) is 21.3. The van der Waals surface area contributed by atoms with Gasteiger partial charge in [-0.25, -0.2) is 4.98 Å². The molecule has 0 aliphatic rings. The van der Waals surface area contributed by atoms with E-state index in [1.807, 2.05) is 61.5 Å². The van der Waals surface area contributed by atoms with Gasteiger partial charge in [0.25, 0.3) is 5.89 Å². The average Bonchev–Trinajstić information content (AvgIpc) is 3.37. The van der Waals surface area contributed by atoms with E-state index in [1.54, 1.807) is 10.8 Å². The van der Waals surface area contributed by atoms with Gasteiger partial charge in [0.15, 0.2) is 0 Å². The van der Waals surface area contributed by atoms with Gasteiger partial charge in [-0.1, -0.05) is 42.4 Å². The Morgan fingerprint density at radius 1 is 1.07 bits per heavy atom. The molecule has 0 aliphatic heterocycles. The van der Waals surface area contributed by atoms with Gasteiger partial charge < -0.3 is 14.4 Å². The van der Waals surface area contributed by atoms with Crippen LogP contribution in [-0.2, 0) is 17.8 Å². The highest BCUT2D eigenvalue weighted by molar-refractivity contribution is 5.90. The number of carbonyl (C=O) groups excluding carboxylic acids is 1. The molecular formula is C22H21N5O2. The van der Waals surface area contributed by atoms with Gasteiger partial charge in [-0.05, 0) is 43.2 Å². The lowest BCUT2D eigenvalue weighted by atomic mass is 10.1. The maximum absolute atomic E-state index is 12.4. The van der Waals surface area contributed by atoms with E-state index in [0.717, 1.165) is 17.7 Å². The molecular weight excluding hydrogens is 366 g/mol. The Bertz CT molecular complexity index is 1110. The van der Waals surface area contributed by atoms with Crippen LogP contribution in [0.25, 0.3) is 23.0 Å². The van der Waals surface area contributed by atoms with Gasteiger partial charge in [0, 0.05) is 17.4 Å². The number of aryl methyl sites for hydroxylation is 2. The molecule has 2 aromatic carbocycles. The second-order valence-corrected chi connectivity index (χ2v) is 6.69. The Hall–Kier alpha value is -3.74.